The molecule has 3 aliphatic heterocycles. The van der Waals surface area contributed by atoms with Crippen molar-refractivity contribution in [3.63, 3.8) is 0 Å². The molecule has 2 aromatic carbocycles. The number of amides is 1. The van der Waals surface area contributed by atoms with Crippen molar-refractivity contribution in [1.29, 1.82) is 0 Å². The zero-order chi connectivity index (χ0) is 28.3. The molecule has 1 aliphatic carbocycles. The van der Waals surface area contributed by atoms with E-state index in [1.807, 2.05) is 30.3 Å². The van der Waals surface area contributed by atoms with Gasteiger partial charge in [-0.25, -0.2) is 9.18 Å². The molecule has 41 heavy (non-hydrogen) atoms. The Morgan fingerprint density at radius 2 is 1.88 bits per heavy atom. The minimum Gasteiger partial charge on any atom is -0.494 e. The Balaban J connectivity index is 1.21. The monoisotopic (exact) mass is 578 g/mol. The molecule has 0 spiro atoms. The molecule has 4 aliphatic rings. The van der Waals surface area contributed by atoms with E-state index in [2.05, 4.69) is 34.3 Å². The Hall–Kier alpha value is -3.33. The molecule has 2 aromatic rings. The summed E-state index contributed by atoms with van der Waals surface area (Å²) in [6, 6.07) is 13.2. The summed E-state index contributed by atoms with van der Waals surface area (Å²) in [6.45, 7) is 6.54. The summed E-state index contributed by atoms with van der Waals surface area (Å²) < 4.78 is 25.3. The molecule has 7 nitrogen and oxygen atoms in total. The third-order valence-corrected chi connectivity index (χ3v) is 8.63. The van der Waals surface area contributed by atoms with Crippen LogP contribution in [0.5, 0.6) is 11.5 Å². The standard InChI is InChI=1S/C32H36ClFN4O3/c1-36-15-17-37(18-16-36)13-3-19-40-26-5-2-4-22(20-26)31-30-27(28-21-23(33)6-11-29(28)35-30)12-14-38(31)32(39)41-25-9-7-24(34)8-10-25/h2,4-11,20-21,28-29,31,35H,3,12-19H2,1H3. The molecule has 0 aromatic heterocycles. The lowest BCUT2D eigenvalue weighted by Crippen LogP contribution is -2.44. The van der Waals surface area contributed by atoms with Crippen LogP contribution in [-0.2, 0) is 0 Å². The van der Waals surface area contributed by atoms with Crippen LogP contribution < -0.4 is 14.8 Å². The molecule has 1 saturated heterocycles. The number of nitrogens with one attached hydrogen (secondary N) is 1. The first-order valence-electron chi connectivity index (χ1n) is 14.4. The number of hydrogen-bond donors (Lipinski definition) is 1. The second-order valence-electron chi connectivity index (χ2n) is 11.1. The Morgan fingerprint density at radius 1 is 1.07 bits per heavy atom. The van der Waals surface area contributed by atoms with Crippen LogP contribution in [0.4, 0.5) is 9.18 Å². The van der Waals surface area contributed by atoms with Crippen LogP contribution in [0.15, 0.2) is 83.1 Å². The Labute approximate surface area is 245 Å². The van der Waals surface area contributed by atoms with E-state index >= 15 is 0 Å². The average molecular weight is 579 g/mol. The highest BCUT2D eigenvalue weighted by Gasteiger charge is 2.43. The lowest BCUT2D eigenvalue weighted by atomic mass is 9.85. The second kappa shape index (κ2) is 12.3. The predicted octanol–water partition coefficient (Wildman–Crippen LogP) is 5.32. The van der Waals surface area contributed by atoms with Gasteiger partial charge in [-0.3, -0.25) is 4.90 Å². The summed E-state index contributed by atoms with van der Waals surface area (Å²) in [5, 5.41) is 4.40. The number of ether oxygens (including phenoxy) is 2. The van der Waals surface area contributed by atoms with E-state index in [1.165, 1.54) is 29.8 Å². The van der Waals surface area contributed by atoms with Crippen molar-refractivity contribution in [2.45, 2.75) is 24.9 Å². The minimum atomic E-state index is -0.479. The van der Waals surface area contributed by atoms with Gasteiger partial charge >= 0.3 is 6.09 Å². The topological polar surface area (TPSA) is 57.3 Å². The van der Waals surface area contributed by atoms with E-state index in [1.54, 1.807) is 4.90 Å². The second-order valence-corrected chi connectivity index (χ2v) is 11.6. The fourth-order valence-corrected chi connectivity index (χ4v) is 6.37. The summed E-state index contributed by atoms with van der Waals surface area (Å²) in [6.07, 6.45) is 7.27. The number of likely N-dealkylation sites (N-methyl/N-ethyl adjacent to an activating group) is 1. The molecule has 0 saturated carbocycles. The maximum Gasteiger partial charge on any atom is 0.416 e. The molecular formula is C32H36ClFN4O3. The lowest BCUT2D eigenvalue weighted by molar-refractivity contribution is 0.133. The van der Waals surface area contributed by atoms with E-state index in [9.17, 15) is 9.18 Å². The van der Waals surface area contributed by atoms with Gasteiger partial charge in [-0.05, 0) is 73.5 Å². The van der Waals surface area contributed by atoms with E-state index in [4.69, 9.17) is 21.1 Å². The highest BCUT2D eigenvalue weighted by atomic mass is 35.5. The summed E-state index contributed by atoms with van der Waals surface area (Å²) in [5.74, 6) is 0.847. The van der Waals surface area contributed by atoms with Gasteiger partial charge in [0.15, 0.2) is 0 Å². The highest BCUT2D eigenvalue weighted by Crippen LogP contribution is 2.45. The van der Waals surface area contributed by atoms with Crippen molar-refractivity contribution in [1.82, 2.24) is 20.0 Å². The number of halogens is 2. The molecule has 3 heterocycles. The highest BCUT2D eigenvalue weighted by molar-refractivity contribution is 6.31. The predicted molar refractivity (Wildman–Crippen MR) is 157 cm³/mol. The largest absolute Gasteiger partial charge is 0.494 e. The molecule has 1 N–H and O–H groups in total. The molecular weight excluding hydrogens is 543 g/mol. The average Bonchev–Trinajstić information content (AvgIpc) is 3.35. The third-order valence-electron chi connectivity index (χ3n) is 8.38. The maximum absolute atomic E-state index is 13.5. The number of benzene rings is 2. The minimum absolute atomic E-state index is 0.0899. The van der Waals surface area contributed by atoms with Gasteiger partial charge in [-0.15, -0.1) is 0 Å². The molecule has 3 unspecified atom stereocenters. The molecule has 9 heteroatoms. The van der Waals surface area contributed by atoms with Crippen molar-refractivity contribution >= 4 is 17.7 Å². The first-order chi connectivity index (χ1) is 19.9. The Bertz CT molecular complexity index is 1350. The van der Waals surface area contributed by atoms with Crippen LogP contribution in [-0.4, -0.2) is 79.8 Å². The van der Waals surface area contributed by atoms with Crippen molar-refractivity contribution in [2.75, 3.05) is 52.9 Å². The lowest BCUT2D eigenvalue weighted by Gasteiger charge is -2.37. The first kappa shape index (κ1) is 27.8. The summed E-state index contributed by atoms with van der Waals surface area (Å²) >= 11 is 6.38. The summed E-state index contributed by atoms with van der Waals surface area (Å²) in [4.78, 5) is 20.1. The molecule has 216 valence electrons. The van der Waals surface area contributed by atoms with Crippen LogP contribution in [0, 0.1) is 11.7 Å². The van der Waals surface area contributed by atoms with Gasteiger partial charge in [0.2, 0.25) is 0 Å². The third kappa shape index (κ3) is 6.30. The van der Waals surface area contributed by atoms with Gasteiger partial charge in [-0.2, -0.15) is 0 Å². The zero-order valence-corrected chi connectivity index (χ0v) is 24.0. The summed E-state index contributed by atoms with van der Waals surface area (Å²) in [5.41, 5.74) is 3.20. The van der Waals surface area contributed by atoms with Crippen LogP contribution in [0.1, 0.15) is 24.4 Å². The van der Waals surface area contributed by atoms with Gasteiger partial charge in [0.05, 0.1) is 12.6 Å². The molecule has 0 bridgehead atoms. The molecule has 1 amide bonds. The van der Waals surface area contributed by atoms with Gasteiger partial charge < -0.3 is 24.6 Å². The number of piperazine rings is 1. The van der Waals surface area contributed by atoms with Crippen molar-refractivity contribution < 1.29 is 18.7 Å². The van der Waals surface area contributed by atoms with Gasteiger partial charge in [0.1, 0.15) is 23.4 Å². The van der Waals surface area contributed by atoms with Gasteiger partial charge in [0, 0.05) is 55.9 Å². The fraction of sp³-hybridized carbons (Fsp3) is 0.406. The number of allylic oxidation sites excluding steroid dienone is 2. The zero-order valence-electron chi connectivity index (χ0n) is 23.3. The number of hydrogen-bond acceptors (Lipinski definition) is 6. The van der Waals surface area contributed by atoms with Crippen molar-refractivity contribution in [3.05, 3.63) is 94.4 Å². The smallest absolute Gasteiger partial charge is 0.416 e. The van der Waals surface area contributed by atoms with E-state index in [-0.39, 0.29) is 23.8 Å². The van der Waals surface area contributed by atoms with Crippen molar-refractivity contribution in [3.8, 4) is 11.5 Å². The first-order valence-corrected chi connectivity index (χ1v) is 14.7. The summed E-state index contributed by atoms with van der Waals surface area (Å²) in [7, 11) is 2.17. The van der Waals surface area contributed by atoms with E-state index in [0.29, 0.717) is 25.3 Å². The Kier molecular flexibility index (Phi) is 8.32. The van der Waals surface area contributed by atoms with Crippen LogP contribution in [0.2, 0.25) is 0 Å². The molecule has 0 radical (unpaired) electrons. The number of nitrogens with zero attached hydrogens (tertiary/aromatic N) is 3. The van der Waals surface area contributed by atoms with Crippen LogP contribution in [0.25, 0.3) is 0 Å². The SMILES string of the molecule is CN1CCN(CCCOc2cccc(C3C4=C(CCN3C(=O)Oc3ccc(F)cc3)C3C=C(Cl)C=CC3N4)c2)CC1. The fourth-order valence-electron chi connectivity index (χ4n) is 6.16. The normalized spacial score (nSPS) is 24.4. The molecule has 6 rings (SSSR count). The van der Waals surface area contributed by atoms with Gasteiger partial charge in [-0.1, -0.05) is 35.9 Å². The number of fused-ring (bicyclic) bond motifs is 2. The van der Waals surface area contributed by atoms with E-state index in [0.717, 1.165) is 61.2 Å². The maximum atomic E-state index is 13.5. The quantitative estimate of drug-likeness (QED) is 0.449. The van der Waals surface area contributed by atoms with E-state index < -0.39 is 6.09 Å². The number of carbonyl (C=O) groups is 1. The number of carbonyl (C=O) groups excluding carboxylic acids is 1. The van der Waals surface area contributed by atoms with Crippen LogP contribution >= 0.6 is 11.6 Å². The van der Waals surface area contributed by atoms with Crippen molar-refractivity contribution in [2.24, 2.45) is 5.92 Å². The molecule has 1 fully saturated rings. The van der Waals surface area contributed by atoms with Crippen LogP contribution in [0.3, 0.4) is 0 Å². The Morgan fingerprint density at radius 3 is 2.68 bits per heavy atom. The molecule has 3 atom stereocenters. The number of rotatable bonds is 7. The van der Waals surface area contributed by atoms with Gasteiger partial charge in [0.25, 0.3) is 0 Å².